The first-order valence-corrected chi connectivity index (χ1v) is 6.40. The molecule has 1 saturated carbocycles. The van der Waals surface area contributed by atoms with E-state index in [1.807, 2.05) is 0 Å². The maximum absolute atomic E-state index is 13.2. The van der Waals surface area contributed by atoms with Gasteiger partial charge in [-0.25, -0.2) is 4.39 Å². The summed E-state index contributed by atoms with van der Waals surface area (Å²) in [6, 6.07) is 5.98. The molecule has 0 aliphatic heterocycles. The van der Waals surface area contributed by atoms with Gasteiger partial charge in [-0.05, 0) is 36.8 Å². The average Bonchev–Trinajstić information content (AvgIpc) is 3.16. The highest BCUT2D eigenvalue weighted by Crippen LogP contribution is 2.47. The summed E-state index contributed by atoms with van der Waals surface area (Å²) in [4.78, 5) is 11.6. The number of benzene rings is 1. The fraction of sp³-hybridized carbons (Fsp3) is 0.500. The third kappa shape index (κ3) is 3.92. The molecule has 1 amide bonds. The predicted octanol–water partition coefficient (Wildman–Crippen LogP) is 1.48. The van der Waals surface area contributed by atoms with Gasteiger partial charge in [0.15, 0.2) is 18.2 Å². The average molecular weight is 267 g/mol. The van der Waals surface area contributed by atoms with E-state index in [0.717, 1.165) is 12.8 Å². The zero-order valence-electron chi connectivity index (χ0n) is 10.7. The van der Waals surface area contributed by atoms with Crippen LogP contribution in [0, 0.1) is 11.2 Å². The summed E-state index contributed by atoms with van der Waals surface area (Å²) in [6.45, 7) is 0.491. The fourth-order valence-corrected chi connectivity index (χ4v) is 1.97. The molecule has 5 heteroatoms. The lowest BCUT2D eigenvalue weighted by atomic mass is 10.0. The van der Waals surface area contributed by atoms with Crippen LogP contribution in [-0.4, -0.2) is 30.8 Å². The topological polar surface area (TPSA) is 58.6 Å². The lowest BCUT2D eigenvalue weighted by molar-refractivity contribution is -0.123. The van der Waals surface area contributed by atoms with E-state index in [4.69, 9.17) is 9.84 Å². The van der Waals surface area contributed by atoms with Crippen molar-refractivity contribution in [3.05, 3.63) is 30.1 Å². The van der Waals surface area contributed by atoms with Crippen LogP contribution >= 0.6 is 0 Å². The summed E-state index contributed by atoms with van der Waals surface area (Å²) >= 11 is 0. The zero-order chi connectivity index (χ0) is 13.7. The van der Waals surface area contributed by atoms with E-state index in [1.165, 1.54) is 12.1 Å². The maximum Gasteiger partial charge on any atom is 0.257 e. The Morgan fingerprint density at radius 3 is 2.79 bits per heavy atom. The van der Waals surface area contributed by atoms with Gasteiger partial charge < -0.3 is 15.2 Å². The molecule has 1 fully saturated rings. The van der Waals surface area contributed by atoms with Gasteiger partial charge in [-0.3, -0.25) is 4.79 Å². The Labute approximate surface area is 111 Å². The lowest BCUT2D eigenvalue weighted by Gasteiger charge is -2.14. The fourth-order valence-electron chi connectivity index (χ4n) is 1.97. The largest absolute Gasteiger partial charge is 0.481 e. The number of carbonyl (C=O) groups excluding carboxylic acids is 1. The summed E-state index contributed by atoms with van der Waals surface area (Å²) in [7, 11) is 0. The number of carbonyl (C=O) groups is 1. The lowest BCUT2D eigenvalue weighted by Crippen LogP contribution is -2.34. The monoisotopic (exact) mass is 267 g/mol. The second kappa shape index (κ2) is 6.02. The summed E-state index contributed by atoms with van der Waals surface area (Å²) in [5.74, 6) is -0.671. The van der Waals surface area contributed by atoms with Crippen molar-refractivity contribution in [2.24, 2.45) is 5.41 Å². The molecule has 0 aromatic heterocycles. The van der Waals surface area contributed by atoms with Crippen molar-refractivity contribution >= 4 is 5.91 Å². The molecule has 0 bridgehead atoms. The third-order valence-corrected chi connectivity index (χ3v) is 3.46. The number of aliphatic hydroxyl groups is 1. The number of para-hydroxylation sites is 1. The van der Waals surface area contributed by atoms with Crippen molar-refractivity contribution in [1.82, 2.24) is 5.32 Å². The zero-order valence-corrected chi connectivity index (χ0v) is 10.7. The molecule has 0 saturated heterocycles. The molecule has 19 heavy (non-hydrogen) atoms. The van der Waals surface area contributed by atoms with Crippen LogP contribution in [0.25, 0.3) is 0 Å². The molecule has 4 nitrogen and oxygen atoms in total. The van der Waals surface area contributed by atoms with Crippen molar-refractivity contribution in [3.63, 3.8) is 0 Å². The second-order valence-electron chi connectivity index (χ2n) is 4.97. The van der Waals surface area contributed by atoms with Crippen LogP contribution in [0.15, 0.2) is 24.3 Å². The Hall–Kier alpha value is -1.62. The summed E-state index contributed by atoms with van der Waals surface area (Å²) in [5.41, 5.74) is 0.0718. The molecular formula is C14H18FNO3. The molecule has 1 aliphatic carbocycles. The Balaban J connectivity index is 1.72. The van der Waals surface area contributed by atoms with E-state index < -0.39 is 5.82 Å². The number of ether oxygens (including phenoxy) is 1. The Kier molecular flexibility index (Phi) is 4.37. The Morgan fingerprint density at radius 1 is 1.42 bits per heavy atom. The number of hydrogen-bond donors (Lipinski definition) is 2. The molecule has 1 aliphatic rings. The van der Waals surface area contributed by atoms with Gasteiger partial charge in [0.05, 0.1) is 0 Å². The number of halogens is 1. The molecular weight excluding hydrogens is 249 g/mol. The number of aliphatic hydroxyl groups excluding tert-OH is 1. The predicted molar refractivity (Wildman–Crippen MR) is 68.3 cm³/mol. The van der Waals surface area contributed by atoms with Gasteiger partial charge in [-0.2, -0.15) is 0 Å². The van der Waals surface area contributed by atoms with Crippen molar-refractivity contribution in [2.75, 3.05) is 19.8 Å². The van der Waals surface area contributed by atoms with Crippen molar-refractivity contribution < 1.29 is 19.0 Å². The molecule has 0 atom stereocenters. The molecule has 2 rings (SSSR count). The number of nitrogens with one attached hydrogen (secondary N) is 1. The summed E-state index contributed by atoms with van der Waals surface area (Å²) in [6.07, 6.45) is 2.77. The summed E-state index contributed by atoms with van der Waals surface area (Å²) < 4.78 is 18.3. The minimum atomic E-state index is -0.478. The van der Waals surface area contributed by atoms with E-state index >= 15 is 0 Å². The SMILES string of the molecule is O=C(COc1ccccc1F)NCC1(CCO)CC1. The van der Waals surface area contributed by atoms with E-state index in [-0.39, 0.29) is 30.3 Å². The molecule has 104 valence electrons. The van der Waals surface area contributed by atoms with Gasteiger partial charge in [0.25, 0.3) is 5.91 Å². The highest BCUT2D eigenvalue weighted by molar-refractivity contribution is 5.77. The summed E-state index contributed by atoms with van der Waals surface area (Å²) in [5, 5.41) is 11.7. The van der Waals surface area contributed by atoms with Crippen molar-refractivity contribution in [1.29, 1.82) is 0 Å². The number of amides is 1. The molecule has 0 radical (unpaired) electrons. The molecule has 1 aromatic carbocycles. The second-order valence-corrected chi connectivity index (χ2v) is 4.97. The number of rotatable bonds is 7. The van der Waals surface area contributed by atoms with Crippen LogP contribution in [0.1, 0.15) is 19.3 Å². The molecule has 0 spiro atoms. The van der Waals surface area contributed by atoms with E-state index in [0.29, 0.717) is 13.0 Å². The van der Waals surface area contributed by atoms with Gasteiger partial charge in [-0.15, -0.1) is 0 Å². The van der Waals surface area contributed by atoms with Crippen LogP contribution < -0.4 is 10.1 Å². The van der Waals surface area contributed by atoms with Crippen molar-refractivity contribution in [2.45, 2.75) is 19.3 Å². The van der Waals surface area contributed by atoms with Crippen molar-refractivity contribution in [3.8, 4) is 5.75 Å². The number of hydrogen-bond acceptors (Lipinski definition) is 3. The van der Waals surface area contributed by atoms with Gasteiger partial charge in [0, 0.05) is 13.2 Å². The van der Waals surface area contributed by atoms with Gasteiger partial charge >= 0.3 is 0 Å². The van der Waals surface area contributed by atoms with Crippen LogP contribution in [0.3, 0.4) is 0 Å². The minimum Gasteiger partial charge on any atom is -0.481 e. The van der Waals surface area contributed by atoms with Gasteiger partial charge in [0.2, 0.25) is 0 Å². The minimum absolute atomic E-state index is 0.0718. The van der Waals surface area contributed by atoms with Crippen LogP contribution in [-0.2, 0) is 4.79 Å². The van der Waals surface area contributed by atoms with Gasteiger partial charge in [0.1, 0.15) is 0 Å². The van der Waals surface area contributed by atoms with Gasteiger partial charge in [-0.1, -0.05) is 12.1 Å². The quantitative estimate of drug-likeness (QED) is 0.786. The third-order valence-electron chi connectivity index (χ3n) is 3.46. The van der Waals surface area contributed by atoms with Crippen LogP contribution in [0.5, 0.6) is 5.75 Å². The highest BCUT2D eigenvalue weighted by Gasteiger charge is 2.41. The maximum atomic E-state index is 13.2. The van der Waals surface area contributed by atoms with E-state index in [2.05, 4.69) is 5.32 Å². The van der Waals surface area contributed by atoms with Crippen LogP contribution in [0.2, 0.25) is 0 Å². The van der Waals surface area contributed by atoms with Crippen LogP contribution in [0.4, 0.5) is 4.39 Å². The van der Waals surface area contributed by atoms with E-state index in [1.54, 1.807) is 12.1 Å². The first-order chi connectivity index (χ1) is 9.15. The van der Waals surface area contributed by atoms with E-state index in [9.17, 15) is 9.18 Å². The molecule has 0 heterocycles. The highest BCUT2D eigenvalue weighted by atomic mass is 19.1. The smallest absolute Gasteiger partial charge is 0.257 e. The normalized spacial score (nSPS) is 15.9. The standard InChI is InChI=1S/C14H18FNO3/c15-11-3-1-2-4-12(11)19-9-13(18)16-10-14(5-6-14)7-8-17/h1-4,17H,5-10H2,(H,16,18). The Morgan fingerprint density at radius 2 is 2.16 bits per heavy atom. The molecule has 2 N–H and O–H groups in total. The Bertz CT molecular complexity index is 446. The molecule has 1 aromatic rings. The molecule has 0 unspecified atom stereocenters. The first kappa shape index (κ1) is 13.8. The first-order valence-electron chi connectivity index (χ1n) is 6.40.